The van der Waals surface area contributed by atoms with Crippen LogP contribution in [-0.2, 0) is 11.3 Å². The molecule has 0 unspecified atom stereocenters. The first-order valence-electron chi connectivity index (χ1n) is 7.94. The Balaban J connectivity index is 1.90. The van der Waals surface area contributed by atoms with E-state index >= 15 is 0 Å². The van der Waals surface area contributed by atoms with Crippen LogP contribution in [0, 0.1) is 6.92 Å². The molecule has 1 saturated heterocycles. The Hall–Kier alpha value is -1.55. The molecule has 2 rings (SSSR count). The molecule has 1 heterocycles. The molecule has 1 amide bonds. The number of carbonyl (C=O) groups excluding carboxylic acids is 1. The summed E-state index contributed by atoms with van der Waals surface area (Å²) in [5.41, 5.74) is 2.33. The van der Waals surface area contributed by atoms with Crippen molar-refractivity contribution in [3.8, 4) is 5.75 Å². The molecule has 0 bridgehead atoms. The first-order chi connectivity index (χ1) is 10.2. The second-order valence-electron chi connectivity index (χ2n) is 5.67. The molecule has 0 spiro atoms. The van der Waals surface area contributed by atoms with Crippen LogP contribution in [0.2, 0.25) is 0 Å². The van der Waals surface area contributed by atoms with Gasteiger partial charge in [0.15, 0.2) is 0 Å². The summed E-state index contributed by atoms with van der Waals surface area (Å²) >= 11 is 0. The first-order valence-corrected chi connectivity index (χ1v) is 7.94. The molecule has 1 aliphatic heterocycles. The number of aryl methyl sites for hydroxylation is 1. The fraction of sp³-hybridized carbons (Fsp3) is 0.588. The largest absolute Gasteiger partial charge is 0.493 e. The number of ether oxygens (including phenoxy) is 1. The molecule has 1 aliphatic rings. The molecule has 1 aromatic rings. The molecule has 0 aromatic heterocycles. The standard InChI is InChI=1S/C17H26N2O2/c1-3-10-21-16-8-7-14(11-13(16)2)12-19-15-6-4-5-9-18-17(15)20/h7-8,11,15,19H,3-6,9-10,12H2,1-2H3,(H,18,20)/t15-/m0/s1. The van der Waals surface area contributed by atoms with Crippen LogP contribution >= 0.6 is 0 Å². The first kappa shape index (κ1) is 15.8. The maximum Gasteiger partial charge on any atom is 0.237 e. The minimum atomic E-state index is -0.0659. The van der Waals surface area contributed by atoms with Crippen LogP contribution in [0.3, 0.4) is 0 Å². The summed E-state index contributed by atoms with van der Waals surface area (Å²) < 4.78 is 5.68. The zero-order valence-electron chi connectivity index (χ0n) is 13.1. The maximum atomic E-state index is 11.9. The van der Waals surface area contributed by atoms with Crippen molar-refractivity contribution < 1.29 is 9.53 Å². The van der Waals surface area contributed by atoms with Crippen LogP contribution < -0.4 is 15.4 Å². The van der Waals surface area contributed by atoms with Crippen molar-refractivity contribution in [2.75, 3.05) is 13.2 Å². The van der Waals surface area contributed by atoms with Crippen molar-refractivity contribution in [2.45, 2.75) is 52.1 Å². The Morgan fingerprint density at radius 1 is 1.38 bits per heavy atom. The van der Waals surface area contributed by atoms with E-state index in [-0.39, 0.29) is 11.9 Å². The quantitative estimate of drug-likeness (QED) is 0.846. The fourth-order valence-corrected chi connectivity index (χ4v) is 2.57. The highest BCUT2D eigenvalue weighted by atomic mass is 16.5. The van der Waals surface area contributed by atoms with E-state index in [0.29, 0.717) is 6.54 Å². The Labute approximate surface area is 127 Å². The molecule has 21 heavy (non-hydrogen) atoms. The van der Waals surface area contributed by atoms with E-state index in [2.05, 4.69) is 36.6 Å². The van der Waals surface area contributed by atoms with E-state index in [1.54, 1.807) is 0 Å². The lowest BCUT2D eigenvalue weighted by atomic mass is 10.1. The lowest BCUT2D eigenvalue weighted by Crippen LogP contribution is -2.42. The van der Waals surface area contributed by atoms with Crippen LogP contribution in [0.4, 0.5) is 0 Å². The predicted molar refractivity (Wildman–Crippen MR) is 84.5 cm³/mol. The number of amides is 1. The van der Waals surface area contributed by atoms with Gasteiger partial charge in [-0.1, -0.05) is 19.1 Å². The van der Waals surface area contributed by atoms with Crippen molar-refractivity contribution >= 4 is 5.91 Å². The average molecular weight is 290 g/mol. The van der Waals surface area contributed by atoms with Crippen LogP contribution in [0.25, 0.3) is 0 Å². The van der Waals surface area contributed by atoms with E-state index in [4.69, 9.17) is 4.74 Å². The smallest absolute Gasteiger partial charge is 0.237 e. The number of benzene rings is 1. The van der Waals surface area contributed by atoms with E-state index in [1.807, 2.05) is 6.07 Å². The summed E-state index contributed by atoms with van der Waals surface area (Å²) in [6.45, 7) is 6.44. The van der Waals surface area contributed by atoms with Crippen molar-refractivity contribution in [1.29, 1.82) is 0 Å². The van der Waals surface area contributed by atoms with Crippen molar-refractivity contribution in [1.82, 2.24) is 10.6 Å². The third kappa shape index (κ3) is 4.74. The summed E-state index contributed by atoms with van der Waals surface area (Å²) in [6, 6.07) is 6.16. The molecule has 2 N–H and O–H groups in total. The summed E-state index contributed by atoms with van der Waals surface area (Å²) in [4.78, 5) is 11.9. The van der Waals surface area contributed by atoms with Gasteiger partial charge in [0.2, 0.25) is 5.91 Å². The monoisotopic (exact) mass is 290 g/mol. The fourth-order valence-electron chi connectivity index (χ4n) is 2.57. The number of rotatable bonds is 6. The average Bonchev–Trinajstić information content (AvgIpc) is 2.69. The number of hydrogen-bond acceptors (Lipinski definition) is 3. The van der Waals surface area contributed by atoms with Gasteiger partial charge in [-0.25, -0.2) is 0 Å². The molecule has 116 valence electrons. The molecular weight excluding hydrogens is 264 g/mol. The molecule has 0 radical (unpaired) electrons. The highest BCUT2D eigenvalue weighted by molar-refractivity contribution is 5.81. The molecular formula is C17H26N2O2. The van der Waals surface area contributed by atoms with Crippen LogP contribution in [-0.4, -0.2) is 25.1 Å². The highest BCUT2D eigenvalue weighted by Gasteiger charge is 2.19. The van der Waals surface area contributed by atoms with Crippen LogP contribution in [0.1, 0.15) is 43.7 Å². The molecule has 4 heteroatoms. The lowest BCUT2D eigenvalue weighted by molar-refractivity contribution is -0.122. The van der Waals surface area contributed by atoms with Gasteiger partial charge >= 0.3 is 0 Å². The second kappa shape index (κ2) is 8.03. The zero-order valence-corrected chi connectivity index (χ0v) is 13.1. The summed E-state index contributed by atoms with van der Waals surface area (Å²) in [5, 5.41) is 6.32. The van der Waals surface area contributed by atoms with Crippen molar-refractivity contribution in [3.05, 3.63) is 29.3 Å². The van der Waals surface area contributed by atoms with Crippen LogP contribution in [0.15, 0.2) is 18.2 Å². The normalized spacial score (nSPS) is 19.0. The van der Waals surface area contributed by atoms with Crippen molar-refractivity contribution in [2.24, 2.45) is 0 Å². The summed E-state index contributed by atoms with van der Waals surface area (Å²) in [6.07, 6.45) is 4.10. The van der Waals surface area contributed by atoms with Crippen molar-refractivity contribution in [3.63, 3.8) is 0 Å². The van der Waals surface area contributed by atoms with Gasteiger partial charge in [0.1, 0.15) is 5.75 Å². The van der Waals surface area contributed by atoms with Gasteiger partial charge in [0.25, 0.3) is 0 Å². The summed E-state index contributed by atoms with van der Waals surface area (Å²) in [7, 11) is 0. The van der Waals surface area contributed by atoms with Gasteiger partial charge in [-0.2, -0.15) is 0 Å². The number of nitrogens with one attached hydrogen (secondary N) is 2. The van der Waals surface area contributed by atoms with E-state index in [1.165, 1.54) is 5.56 Å². The van der Waals surface area contributed by atoms with E-state index in [9.17, 15) is 4.79 Å². The molecule has 1 fully saturated rings. The van der Waals surface area contributed by atoms with Gasteiger partial charge in [0.05, 0.1) is 12.6 Å². The minimum Gasteiger partial charge on any atom is -0.493 e. The molecule has 0 aliphatic carbocycles. The Kier molecular flexibility index (Phi) is 6.05. The SMILES string of the molecule is CCCOc1ccc(CN[C@H]2CCCCNC2=O)cc1C. The molecule has 4 nitrogen and oxygen atoms in total. The van der Waals surface area contributed by atoms with Gasteiger partial charge in [-0.15, -0.1) is 0 Å². The maximum absolute atomic E-state index is 11.9. The third-order valence-electron chi connectivity index (χ3n) is 3.79. The zero-order chi connectivity index (χ0) is 15.1. The number of carbonyl (C=O) groups is 1. The van der Waals surface area contributed by atoms with Crippen LogP contribution in [0.5, 0.6) is 5.75 Å². The van der Waals surface area contributed by atoms with Gasteiger partial charge in [0, 0.05) is 13.1 Å². The topological polar surface area (TPSA) is 50.4 Å². The van der Waals surface area contributed by atoms with Gasteiger partial charge < -0.3 is 15.4 Å². The Bertz CT molecular complexity index is 474. The van der Waals surface area contributed by atoms with Gasteiger partial charge in [-0.3, -0.25) is 4.79 Å². The lowest BCUT2D eigenvalue weighted by Gasteiger charge is -2.16. The highest BCUT2D eigenvalue weighted by Crippen LogP contribution is 2.19. The Morgan fingerprint density at radius 2 is 2.24 bits per heavy atom. The molecule has 1 aromatic carbocycles. The number of hydrogen-bond donors (Lipinski definition) is 2. The van der Waals surface area contributed by atoms with E-state index in [0.717, 1.165) is 50.1 Å². The molecule has 1 atom stereocenters. The summed E-state index contributed by atoms with van der Waals surface area (Å²) in [5.74, 6) is 1.08. The Morgan fingerprint density at radius 3 is 3.00 bits per heavy atom. The van der Waals surface area contributed by atoms with E-state index < -0.39 is 0 Å². The van der Waals surface area contributed by atoms with Gasteiger partial charge in [-0.05, 0) is 49.8 Å². The molecule has 0 saturated carbocycles. The third-order valence-corrected chi connectivity index (χ3v) is 3.79. The minimum absolute atomic E-state index is 0.0659. The second-order valence-corrected chi connectivity index (χ2v) is 5.67. The predicted octanol–water partition coefficient (Wildman–Crippen LogP) is 2.54.